The van der Waals surface area contributed by atoms with Gasteiger partial charge in [-0.15, -0.1) is 0 Å². The molecule has 0 saturated heterocycles. The van der Waals surface area contributed by atoms with Crippen LogP contribution >= 0.6 is 0 Å². The van der Waals surface area contributed by atoms with Crippen molar-refractivity contribution in [2.75, 3.05) is 43.6 Å². The third kappa shape index (κ3) is 3.15. The highest BCUT2D eigenvalue weighted by atomic mass is 16.5. The van der Waals surface area contributed by atoms with Gasteiger partial charge in [0.2, 0.25) is 0 Å². The number of nitrogens with zero attached hydrogens (tertiary/aromatic N) is 2. The van der Waals surface area contributed by atoms with Gasteiger partial charge in [-0.3, -0.25) is 4.79 Å². The molecule has 0 unspecified atom stereocenters. The number of rotatable bonds is 5. The maximum atomic E-state index is 13.2. The van der Waals surface area contributed by atoms with E-state index in [2.05, 4.69) is 5.32 Å². The van der Waals surface area contributed by atoms with Gasteiger partial charge in [0.25, 0.3) is 5.91 Å². The highest BCUT2D eigenvalue weighted by Gasteiger charge is 2.29. The Kier molecular flexibility index (Phi) is 5.23. The fourth-order valence-corrected chi connectivity index (χ4v) is 3.19. The van der Waals surface area contributed by atoms with E-state index in [-0.39, 0.29) is 5.91 Å². The zero-order valence-corrected chi connectivity index (χ0v) is 15.3. The lowest BCUT2D eigenvalue weighted by molar-refractivity contribution is 0.0600. The summed E-state index contributed by atoms with van der Waals surface area (Å²) in [6.07, 6.45) is 0. The van der Waals surface area contributed by atoms with Crippen molar-refractivity contribution in [3.63, 3.8) is 0 Å². The quantitative estimate of drug-likeness (QED) is 0.662. The summed E-state index contributed by atoms with van der Waals surface area (Å²) in [5.74, 6) is -0.498. The Balaban J connectivity index is 2.14. The lowest BCUT2D eigenvalue weighted by atomic mass is 10.1. The average molecular weight is 353 g/mol. The molecule has 0 aromatic heterocycles. The number of hydrogen-bond acceptors (Lipinski definition) is 5. The summed E-state index contributed by atoms with van der Waals surface area (Å²) in [5, 5.41) is 3.25. The second kappa shape index (κ2) is 7.58. The number of para-hydroxylation sites is 1. The molecular formula is C20H23N3O3. The molecule has 1 aliphatic heterocycles. The molecule has 1 N–H and O–H groups in total. The molecular weight excluding hydrogens is 330 g/mol. The molecule has 0 bridgehead atoms. The molecule has 2 aromatic carbocycles. The van der Waals surface area contributed by atoms with Crippen molar-refractivity contribution in [1.82, 2.24) is 5.32 Å². The number of carbonyl (C=O) groups is 2. The average Bonchev–Trinajstić information content (AvgIpc) is 2.76. The van der Waals surface area contributed by atoms with Crippen LogP contribution in [0.1, 0.15) is 27.6 Å². The number of nitrogens with one attached hydrogen (secondary N) is 1. The van der Waals surface area contributed by atoms with Crippen LogP contribution in [0.4, 0.5) is 17.1 Å². The topological polar surface area (TPSA) is 61.9 Å². The standard InChI is InChI=1S/C20H23N3O3/c1-4-21-11-12-23-18-13-14(20(25)26-3)9-10-17(18)22(2)16-8-6-5-7-15(16)19(23)24/h5-10,13,21H,4,11-12H2,1-3H3. The van der Waals surface area contributed by atoms with E-state index in [1.54, 1.807) is 17.0 Å². The zero-order chi connectivity index (χ0) is 18.7. The number of benzene rings is 2. The molecule has 0 aliphatic carbocycles. The molecule has 6 heteroatoms. The first-order valence-corrected chi connectivity index (χ1v) is 8.66. The number of hydrogen-bond donors (Lipinski definition) is 1. The van der Waals surface area contributed by atoms with Crippen molar-refractivity contribution in [3.05, 3.63) is 53.6 Å². The van der Waals surface area contributed by atoms with Gasteiger partial charge in [-0.1, -0.05) is 19.1 Å². The molecule has 1 heterocycles. The molecule has 6 nitrogen and oxygen atoms in total. The summed E-state index contributed by atoms with van der Waals surface area (Å²) in [5.41, 5.74) is 3.48. The number of methoxy groups -OCH3 is 1. The van der Waals surface area contributed by atoms with Gasteiger partial charge >= 0.3 is 5.97 Å². The lowest BCUT2D eigenvalue weighted by Crippen LogP contribution is -2.36. The van der Waals surface area contributed by atoms with Gasteiger partial charge in [0, 0.05) is 20.1 Å². The van der Waals surface area contributed by atoms with E-state index < -0.39 is 5.97 Å². The largest absolute Gasteiger partial charge is 0.465 e. The molecule has 0 saturated carbocycles. The summed E-state index contributed by atoms with van der Waals surface area (Å²) in [4.78, 5) is 28.9. The summed E-state index contributed by atoms with van der Waals surface area (Å²) in [6, 6.07) is 12.9. The highest BCUT2D eigenvalue weighted by molar-refractivity contribution is 6.14. The molecule has 0 fully saturated rings. The fourth-order valence-electron chi connectivity index (χ4n) is 3.19. The van der Waals surface area contributed by atoms with Crippen molar-refractivity contribution >= 4 is 28.9 Å². The number of likely N-dealkylation sites (N-methyl/N-ethyl adjacent to an activating group) is 1. The second-order valence-corrected chi connectivity index (χ2v) is 6.08. The summed E-state index contributed by atoms with van der Waals surface area (Å²) in [7, 11) is 3.28. The summed E-state index contributed by atoms with van der Waals surface area (Å²) >= 11 is 0. The van der Waals surface area contributed by atoms with Gasteiger partial charge in [-0.05, 0) is 36.9 Å². The van der Waals surface area contributed by atoms with E-state index in [0.29, 0.717) is 29.9 Å². The predicted octanol–water partition coefficient (Wildman–Crippen LogP) is 2.81. The van der Waals surface area contributed by atoms with E-state index in [9.17, 15) is 9.59 Å². The SMILES string of the molecule is CCNCCN1C(=O)c2ccccc2N(C)c2ccc(C(=O)OC)cc21. The van der Waals surface area contributed by atoms with Crippen molar-refractivity contribution in [3.8, 4) is 0 Å². The third-order valence-electron chi connectivity index (χ3n) is 4.55. The first-order valence-electron chi connectivity index (χ1n) is 8.66. The number of ether oxygens (including phenoxy) is 1. The van der Waals surface area contributed by atoms with Crippen molar-refractivity contribution < 1.29 is 14.3 Å². The minimum absolute atomic E-state index is 0.0777. The van der Waals surface area contributed by atoms with Gasteiger partial charge in [-0.25, -0.2) is 4.79 Å². The number of anilines is 3. The molecule has 0 spiro atoms. The van der Waals surface area contributed by atoms with Crippen LogP contribution in [0.25, 0.3) is 0 Å². The van der Waals surface area contributed by atoms with Crippen LogP contribution < -0.4 is 15.1 Å². The first kappa shape index (κ1) is 17.9. The van der Waals surface area contributed by atoms with E-state index >= 15 is 0 Å². The monoisotopic (exact) mass is 353 g/mol. The number of fused-ring (bicyclic) bond motifs is 2. The Morgan fingerprint density at radius 1 is 1.12 bits per heavy atom. The molecule has 2 aromatic rings. The molecule has 0 radical (unpaired) electrons. The van der Waals surface area contributed by atoms with Crippen LogP contribution in [0, 0.1) is 0 Å². The third-order valence-corrected chi connectivity index (χ3v) is 4.55. The smallest absolute Gasteiger partial charge is 0.337 e. The maximum absolute atomic E-state index is 13.2. The highest BCUT2D eigenvalue weighted by Crippen LogP contribution is 2.40. The molecule has 136 valence electrons. The van der Waals surface area contributed by atoms with Gasteiger partial charge in [0.1, 0.15) is 0 Å². The second-order valence-electron chi connectivity index (χ2n) is 6.08. The Morgan fingerprint density at radius 3 is 2.62 bits per heavy atom. The van der Waals surface area contributed by atoms with Crippen molar-refractivity contribution in [1.29, 1.82) is 0 Å². The number of carbonyl (C=O) groups excluding carboxylic acids is 2. The molecule has 26 heavy (non-hydrogen) atoms. The van der Waals surface area contributed by atoms with Gasteiger partial charge in [-0.2, -0.15) is 0 Å². The Hall–Kier alpha value is -2.86. The van der Waals surface area contributed by atoms with Crippen LogP contribution in [-0.2, 0) is 4.74 Å². The lowest BCUT2D eigenvalue weighted by Gasteiger charge is -2.25. The zero-order valence-electron chi connectivity index (χ0n) is 15.3. The van der Waals surface area contributed by atoms with E-state index in [1.165, 1.54) is 7.11 Å². The van der Waals surface area contributed by atoms with E-state index in [0.717, 1.165) is 17.9 Å². The van der Waals surface area contributed by atoms with Gasteiger partial charge < -0.3 is 19.9 Å². The van der Waals surface area contributed by atoms with Crippen LogP contribution in [-0.4, -0.2) is 45.7 Å². The summed E-state index contributed by atoms with van der Waals surface area (Å²) in [6.45, 7) is 4.02. The van der Waals surface area contributed by atoms with Crippen LogP contribution in [0.3, 0.4) is 0 Å². The number of amides is 1. The Labute approximate surface area is 153 Å². The van der Waals surface area contributed by atoms with E-state index in [4.69, 9.17) is 4.74 Å². The molecule has 0 atom stereocenters. The molecule has 3 rings (SSSR count). The Bertz CT molecular complexity index is 835. The van der Waals surface area contributed by atoms with Crippen LogP contribution in [0.15, 0.2) is 42.5 Å². The van der Waals surface area contributed by atoms with Crippen LogP contribution in [0.5, 0.6) is 0 Å². The molecule has 1 amide bonds. The summed E-state index contributed by atoms with van der Waals surface area (Å²) < 4.78 is 4.84. The van der Waals surface area contributed by atoms with Crippen LogP contribution in [0.2, 0.25) is 0 Å². The first-order chi connectivity index (χ1) is 12.6. The minimum Gasteiger partial charge on any atom is -0.465 e. The van der Waals surface area contributed by atoms with E-state index in [1.807, 2.05) is 49.2 Å². The van der Waals surface area contributed by atoms with Gasteiger partial charge in [0.15, 0.2) is 0 Å². The number of esters is 1. The maximum Gasteiger partial charge on any atom is 0.337 e. The normalized spacial score (nSPS) is 13.1. The van der Waals surface area contributed by atoms with Crippen molar-refractivity contribution in [2.24, 2.45) is 0 Å². The fraction of sp³-hybridized carbons (Fsp3) is 0.300. The Morgan fingerprint density at radius 2 is 1.88 bits per heavy atom. The van der Waals surface area contributed by atoms with Crippen molar-refractivity contribution in [2.45, 2.75) is 6.92 Å². The molecule has 1 aliphatic rings. The minimum atomic E-state index is -0.420. The van der Waals surface area contributed by atoms with Gasteiger partial charge in [0.05, 0.1) is 35.3 Å². The predicted molar refractivity (Wildman–Crippen MR) is 103 cm³/mol.